The van der Waals surface area contributed by atoms with Gasteiger partial charge in [-0.15, -0.1) is 0 Å². The zero-order valence-electron chi connectivity index (χ0n) is 16.1. The number of nitrogens with two attached hydrogens (primary N) is 1. The van der Waals surface area contributed by atoms with Crippen LogP contribution >= 0.6 is 0 Å². The van der Waals surface area contributed by atoms with Gasteiger partial charge in [-0.3, -0.25) is 24.0 Å². The zero-order valence-corrected chi connectivity index (χ0v) is 16.1. The first-order valence-electron chi connectivity index (χ1n) is 9.22. The fourth-order valence-electron chi connectivity index (χ4n) is 2.85. The molecule has 0 aromatic rings. The number of carboxylic acids is 1. The van der Waals surface area contributed by atoms with Gasteiger partial charge in [0, 0.05) is 0 Å². The van der Waals surface area contributed by atoms with Crippen molar-refractivity contribution < 1.29 is 29.1 Å². The number of hydrogen-bond donors (Lipinski definition) is 6. The molecule has 1 aliphatic rings. The van der Waals surface area contributed by atoms with E-state index in [9.17, 15) is 24.0 Å². The minimum atomic E-state index is -1.23. The van der Waals surface area contributed by atoms with E-state index in [0.29, 0.717) is 13.0 Å². The molecule has 3 atom stereocenters. The van der Waals surface area contributed by atoms with E-state index in [4.69, 9.17) is 10.8 Å². The maximum Gasteiger partial charge on any atom is 0.322 e. The summed E-state index contributed by atoms with van der Waals surface area (Å²) in [5.41, 5.74) is 5.18. The highest BCUT2D eigenvalue weighted by atomic mass is 16.4. The lowest BCUT2D eigenvalue weighted by Crippen LogP contribution is -2.57. The molecule has 0 aromatic carbocycles. The predicted octanol–water partition coefficient (Wildman–Crippen LogP) is -2.17. The fraction of sp³-hybridized carbons (Fsp3) is 0.706. The Hall–Kier alpha value is -2.69. The van der Waals surface area contributed by atoms with Crippen LogP contribution in [0.15, 0.2) is 0 Å². The maximum absolute atomic E-state index is 12.6. The quantitative estimate of drug-likeness (QED) is 0.229. The van der Waals surface area contributed by atoms with Gasteiger partial charge in [0.1, 0.15) is 18.6 Å². The molecule has 11 heteroatoms. The molecule has 3 unspecified atom stereocenters. The molecule has 0 aromatic heterocycles. The summed E-state index contributed by atoms with van der Waals surface area (Å²) < 4.78 is 0. The van der Waals surface area contributed by atoms with E-state index in [0.717, 1.165) is 6.42 Å². The number of carbonyl (C=O) groups excluding carboxylic acids is 4. The molecule has 0 saturated carbocycles. The summed E-state index contributed by atoms with van der Waals surface area (Å²) in [6, 6.07) is -2.69. The van der Waals surface area contributed by atoms with Gasteiger partial charge in [0.2, 0.25) is 23.6 Å². The third-order valence-corrected chi connectivity index (χ3v) is 4.17. The van der Waals surface area contributed by atoms with Gasteiger partial charge in [-0.1, -0.05) is 13.8 Å². The summed E-state index contributed by atoms with van der Waals surface area (Å²) in [6.07, 6.45) is 1.27. The number of carbonyl (C=O) groups is 5. The van der Waals surface area contributed by atoms with Crippen LogP contribution in [0.25, 0.3) is 0 Å². The summed E-state index contributed by atoms with van der Waals surface area (Å²) in [5.74, 6) is -3.80. The number of nitrogens with one attached hydrogen (secondary N) is 4. The van der Waals surface area contributed by atoms with Gasteiger partial charge in [0.05, 0.1) is 12.5 Å². The van der Waals surface area contributed by atoms with Gasteiger partial charge in [-0.05, 0) is 31.7 Å². The van der Waals surface area contributed by atoms with Crippen LogP contribution in [0.2, 0.25) is 0 Å². The predicted molar refractivity (Wildman–Crippen MR) is 98.8 cm³/mol. The zero-order chi connectivity index (χ0) is 21.3. The SMILES string of the molecule is CC(C)CC(NC(=O)C(CC(N)=O)NC(=O)C1CCCN1)C(=O)NCC(=O)O. The van der Waals surface area contributed by atoms with Crippen molar-refractivity contribution in [2.75, 3.05) is 13.1 Å². The minimum absolute atomic E-state index is 0.0211. The van der Waals surface area contributed by atoms with E-state index in [1.165, 1.54) is 0 Å². The van der Waals surface area contributed by atoms with E-state index in [1.54, 1.807) is 0 Å². The van der Waals surface area contributed by atoms with Crippen molar-refractivity contribution in [3.8, 4) is 0 Å². The molecule has 0 bridgehead atoms. The van der Waals surface area contributed by atoms with Gasteiger partial charge >= 0.3 is 5.97 Å². The number of rotatable bonds is 11. The second kappa shape index (κ2) is 11.2. The third kappa shape index (κ3) is 8.33. The molecular formula is C17H29N5O6. The Labute approximate surface area is 163 Å². The van der Waals surface area contributed by atoms with Crippen LogP contribution in [0, 0.1) is 5.92 Å². The van der Waals surface area contributed by atoms with E-state index < -0.39 is 60.7 Å². The van der Waals surface area contributed by atoms with Crippen LogP contribution in [0.4, 0.5) is 0 Å². The van der Waals surface area contributed by atoms with Gasteiger partial charge in [0.25, 0.3) is 0 Å². The molecule has 0 aliphatic carbocycles. The standard InChI is InChI=1S/C17H29N5O6/c1-9(2)6-11(15(26)20-8-14(24)25)21-17(28)12(7-13(18)23)22-16(27)10-4-3-5-19-10/h9-12,19H,3-8H2,1-2H3,(H2,18,23)(H,20,26)(H,21,28)(H,22,27)(H,24,25). The molecule has 11 nitrogen and oxygen atoms in total. The van der Waals surface area contributed by atoms with Crippen LogP contribution in [-0.4, -0.2) is 65.9 Å². The average molecular weight is 399 g/mol. The molecule has 4 amide bonds. The lowest BCUT2D eigenvalue weighted by Gasteiger charge is -2.24. The average Bonchev–Trinajstić information content (AvgIpc) is 3.12. The summed E-state index contributed by atoms with van der Waals surface area (Å²) >= 11 is 0. The molecule has 7 N–H and O–H groups in total. The van der Waals surface area contributed by atoms with E-state index in [-0.39, 0.29) is 12.3 Å². The Morgan fingerprint density at radius 3 is 2.29 bits per heavy atom. The van der Waals surface area contributed by atoms with Crippen LogP contribution < -0.4 is 27.0 Å². The van der Waals surface area contributed by atoms with E-state index >= 15 is 0 Å². The Balaban J connectivity index is 2.81. The first-order valence-corrected chi connectivity index (χ1v) is 9.22. The highest BCUT2D eigenvalue weighted by molar-refractivity contribution is 5.95. The molecule has 0 spiro atoms. The Morgan fingerprint density at radius 2 is 1.79 bits per heavy atom. The van der Waals surface area contributed by atoms with Crippen molar-refractivity contribution in [1.82, 2.24) is 21.3 Å². The molecule has 1 aliphatic heterocycles. The van der Waals surface area contributed by atoms with Crippen molar-refractivity contribution in [3.05, 3.63) is 0 Å². The molecule has 1 saturated heterocycles. The maximum atomic E-state index is 12.6. The van der Waals surface area contributed by atoms with Gasteiger partial charge in [-0.2, -0.15) is 0 Å². The number of hydrogen-bond acceptors (Lipinski definition) is 6. The lowest BCUT2D eigenvalue weighted by molar-refractivity contribution is -0.139. The van der Waals surface area contributed by atoms with E-state index in [1.807, 2.05) is 13.8 Å². The first-order chi connectivity index (χ1) is 13.1. The second-order valence-corrected chi connectivity index (χ2v) is 7.18. The number of carboxylic acid groups (broad SMARTS) is 1. The smallest absolute Gasteiger partial charge is 0.322 e. The monoisotopic (exact) mass is 399 g/mol. The summed E-state index contributed by atoms with van der Waals surface area (Å²) in [5, 5.41) is 18.9. The molecule has 158 valence electrons. The van der Waals surface area contributed by atoms with E-state index in [2.05, 4.69) is 21.3 Å². The van der Waals surface area contributed by atoms with Gasteiger partial charge in [-0.25, -0.2) is 0 Å². The van der Waals surface area contributed by atoms with Crippen molar-refractivity contribution in [3.63, 3.8) is 0 Å². The third-order valence-electron chi connectivity index (χ3n) is 4.17. The molecule has 1 heterocycles. The highest BCUT2D eigenvalue weighted by Crippen LogP contribution is 2.08. The largest absolute Gasteiger partial charge is 0.480 e. The molecule has 28 heavy (non-hydrogen) atoms. The van der Waals surface area contributed by atoms with Gasteiger partial charge in [0.15, 0.2) is 0 Å². The molecule has 1 fully saturated rings. The fourth-order valence-corrected chi connectivity index (χ4v) is 2.85. The summed E-state index contributed by atoms with van der Waals surface area (Å²) in [6.45, 7) is 3.76. The first kappa shape index (κ1) is 23.3. The van der Waals surface area contributed by atoms with Crippen LogP contribution in [-0.2, 0) is 24.0 Å². The van der Waals surface area contributed by atoms with Crippen molar-refractivity contribution >= 4 is 29.6 Å². The van der Waals surface area contributed by atoms with Crippen LogP contribution in [0.5, 0.6) is 0 Å². The molecule has 1 rings (SSSR count). The molecular weight excluding hydrogens is 370 g/mol. The van der Waals surface area contributed by atoms with Crippen molar-refractivity contribution in [2.24, 2.45) is 11.7 Å². The highest BCUT2D eigenvalue weighted by Gasteiger charge is 2.31. The normalized spacial score (nSPS) is 18.2. The lowest BCUT2D eigenvalue weighted by atomic mass is 10.0. The number of primary amides is 1. The number of amides is 4. The Morgan fingerprint density at radius 1 is 1.11 bits per heavy atom. The second-order valence-electron chi connectivity index (χ2n) is 7.18. The molecule has 0 radical (unpaired) electrons. The van der Waals surface area contributed by atoms with Gasteiger partial charge < -0.3 is 32.1 Å². The number of aliphatic carboxylic acids is 1. The summed E-state index contributed by atoms with van der Waals surface area (Å²) in [7, 11) is 0. The van der Waals surface area contributed by atoms with Crippen LogP contribution in [0.3, 0.4) is 0 Å². The van der Waals surface area contributed by atoms with Crippen LogP contribution in [0.1, 0.15) is 39.5 Å². The minimum Gasteiger partial charge on any atom is -0.480 e. The summed E-state index contributed by atoms with van der Waals surface area (Å²) in [4.78, 5) is 59.1. The van der Waals surface area contributed by atoms with Crippen molar-refractivity contribution in [2.45, 2.75) is 57.7 Å². The van der Waals surface area contributed by atoms with Crippen molar-refractivity contribution in [1.29, 1.82) is 0 Å². The topological polar surface area (TPSA) is 180 Å². The Bertz CT molecular complexity index is 603. The Kier molecular flexibility index (Phi) is 9.36.